The second kappa shape index (κ2) is 7.06. The van der Waals surface area contributed by atoms with Crippen molar-refractivity contribution in [2.75, 3.05) is 19.6 Å². The quantitative estimate of drug-likeness (QED) is 0.901. The van der Waals surface area contributed by atoms with Crippen molar-refractivity contribution in [3.8, 4) is 11.5 Å². The molecule has 3 aliphatic heterocycles. The van der Waals surface area contributed by atoms with Crippen molar-refractivity contribution in [1.29, 1.82) is 0 Å². The topological polar surface area (TPSA) is 41.6 Å². The number of para-hydroxylation sites is 1. The predicted octanol–water partition coefficient (Wildman–Crippen LogP) is 3.96. The zero-order valence-electron chi connectivity index (χ0n) is 14.0. The van der Waals surface area contributed by atoms with Gasteiger partial charge in [-0.2, -0.15) is 0 Å². The molecule has 1 amide bonds. The van der Waals surface area contributed by atoms with Gasteiger partial charge in [0, 0.05) is 18.2 Å². The summed E-state index contributed by atoms with van der Waals surface area (Å²) in [5.74, 6) is 1.88. The van der Waals surface area contributed by atoms with Gasteiger partial charge in [0.05, 0.1) is 5.02 Å². The molecule has 0 saturated carbocycles. The molecule has 2 aromatic rings. The van der Waals surface area contributed by atoms with E-state index in [0.29, 0.717) is 28.0 Å². The molecule has 5 heteroatoms. The average Bonchev–Trinajstić information content (AvgIpc) is 2.65. The molecule has 0 aliphatic carbocycles. The normalized spacial score (nSPS) is 24.8. The van der Waals surface area contributed by atoms with Crippen molar-refractivity contribution in [3.63, 3.8) is 0 Å². The predicted molar refractivity (Wildman–Crippen MR) is 98.4 cm³/mol. The van der Waals surface area contributed by atoms with Crippen LogP contribution < -0.4 is 10.1 Å². The highest BCUT2D eigenvalue weighted by Gasteiger charge is 2.34. The number of benzene rings is 2. The first kappa shape index (κ1) is 16.4. The minimum Gasteiger partial charge on any atom is -0.456 e. The summed E-state index contributed by atoms with van der Waals surface area (Å²) in [6, 6.07) is 14.8. The molecule has 3 saturated heterocycles. The fourth-order valence-electron chi connectivity index (χ4n) is 3.71. The SMILES string of the molecule is O=C(NC1CN2CCC1CC2)c1ccc(Oc2ccccc2Cl)cc1. The third kappa shape index (κ3) is 3.65. The van der Waals surface area contributed by atoms with E-state index in [2.05, 4.69) is 10.2 Å². The molecule has 3 fully saturated rings. The lowest BCUT2D eigenvalue weighted by atomic mass is 9.84. The highest BCUT2D eigenvalue weighted by molar-refractivity contribution is 6.32. The standard InChI is InChI=1S/C20H21ClN2O2/c21-17-3-1-2-4-19(17)25-16-7-5-15(6-8-16)20(24)22-18-13-23-11-9-14(18)10-12-23/h1-8,14,18H,9-13H2,(H,22,24). The second-order valence-electron chi connectivity index (χ2n) is 6.77. The van der Waals surface area contributed by atoms with Crippen LogP contribution in [0.2, 0.25) is 5.02 Å². The summed E-state index contributed by atoms with van der Waals surface area (Å²) >= 11 is 6.10. The maximum absolute atomic E-state index is 12.5. The highest BCUT2D eigenvalue weighted by atomic mass is 35.5. The Balaban J connectivity index is 1.40. The van der Waals surface area contributed by atoms with E-state index < -0.39 is 0 Å². The molecule has 25 heavy (non-hydrogen) atoms. The van der Waals surface area contributed by atoms with E-state index >= 15 is 0 Å². The number of nitrogens with zero attached hydrogens (tertiary/aromatic N) is 1. The number of ether oxygens (including phenoxy) is 1. The van der Waals surface area contributed by atoms with Gasteiger partial charge in [0.2, 0.25) is 0 Å². The van der Waals surface area contributed by atoms with E-state index in [1.165, 1.54) is 25.9 Å². The van der Waals surface area contributed by atoms with Gasteiger partial charge in [-0.1, -0.05) is 23.7 Å². The molecule has 1 unspecified atom stereocenters. The summed E-state index contributed by atoms with van der Waals surface area (Å²) in [6.45, 7) is 3.32. The number of carbonyl (C=O) groups is 1. The zero-order valence-corrected chi connectivity index (χ0v) is 14.7. The first-order valence-corrected chi connectivity index (χ1v) is 9.12. The Morgan fingerprint density at radius 1 is 1.08 bits per heavy atom. The molecule has 2 aromatic carbocycles. The monoisotopic (exact) mass is 356 g/mol. The lowest BCUT2D eigenvalue weighted by molar-refractivity contribution is 0.0620. The second-order valence-corrected chi connectivity index (χ2v) is 7.18. The molecule has 5 rings (SSSR count). The minimum absolute atomic E-state index is 0.0111. The number of hydrogen-bond acceptors (Lipinski definition) is 3. The van der Waals surface area contributed by atoms with Gasteiger partial charge in [-0.25, -0.2) is 0 Å². The summed E-state index contributed by atoms with van der Waals surface area (Å²) in [7, 11) is 0. The van der Waals surface area contributed by atoms with E-state index in [1.54, 1.807) is 30.3 Å². The molecule has 0 spiro atoms. The van der Waals surface area contributed by atoms with Crippen molar-refractivity contribution in [3.05, 3.63) is 59.1 Å². The number of carbonyl (C=O) groups excluding carboxylic acids is 1. The maximum atomic E-state index is 12.5. The van der Waals surface area contributed by atoms with E-state index in [0.717, 1.165) is 6.54 Å². The summed E-state index contributed by atoms with van der Waals surface area (Å²) in [4.78, 5) is 15.0. The van der Waals surface area contributed by atoms with Crippen molar-refractivity contribution < 1.29 is 9.53 Å². The molecule has 1 N–H and O–H groups in total. The van der Waals surface area contributed by atoms with Gasteiger partial charge < -0.3 is 15.0 Å². The average molecular weight is 357 g/mol. The van der Waals surface area contributed by atoms with Crippen LogP contribution in [0.25, 0.3) is 0 Å². The Morgan fingerprint density at radius 2 is 1.80 bits per heavy atom. The van der Waals surface area contributed by atoms with Crippen molar-refractivity contribution in [2.24, 2.45) is 5.92 Å². The third-order valence-electron chi connectivity index (χ3n) is 5.15. The van der Waals surface area contributed by atoms with Crippen LogP contribution in [0, 0.1) is 5.92 Å². The first-order chi connectivity index (χ1) is 12.2. The summed E-state index contributed by atoms with van der Waals surface area (Å²) in [5.41, 5.74) is 0.656. The number of amides is 1. The van der Waals surface area contributed by atoms with Gasteiger partial charge >= 0.3 is 0 Å². The summed E-state index contributed by atoms with van der Waals surface area (Å²) in [6.07, 6.45) is 2.38. The van der Waals surface area contributed by atoms with Crippen molar-refractivity contribution in [1.82, 2.24) is 10.2 Å². The Kier molecular flexibility index (Phi) is 4.64. The van der Waals surface area contributed by atoms with E-state index in [-0.39, 0.29) is 11.9 Å². The Hall–Kier alpha value is -2.04. The van der Waals surface area contributed by atoms with Crippen LogP contribution in [0.3, 0.4) is 0 Å². The molecule has 2 bridgehead atoms. The Labute approximate surface area is 152 Å². The van der Waals surface area contributed by atoms with Crippen LogP contribution in [0.1, 0.15) is 23.2 Å². The van der Waals surface area contributed by atoms with Gasteiger partial charge in [0.1, 0.15) is 11.5 Å². The summed E-state index contributed by atoms with van der Waals surface area (Å²) < 4.78 is 5.76. The number of halogens is 1. The Bertz CT molecular complexity index is 755. The molecule has 3 heterocycles. The van der Waals surface area contributed by atoms with Crippen LogP contribution in [0.5, 0.6) is 11.5 Å². The van der Waals surface area contributed by atoms with Crippen LogP contribution >= 0.6 is 11.6 Å². The number of hydrogen-bond donors (Lipinski definition) is 1. The molecular formula is C20H21ClN2O2. The lowest BCUT2D eigenvalue weighted by Crippen LogP contribution is -2.57. The molecule has 130 valence electrons. The summed E-state index contributed by atoms with van der Waals surface area (Å²) in [5, 5.41) is 3.76. The van der Waals surface area contributed by atoms with Crippen LogP contribution in [0.15, 0.2) is 48.5 Å². The smallest absolute Gasteiger partial charge is 0.251 e. The van der Waals surface area contributed by atoms with E-state index in [1.807, 2.05) is 18.2 Å². The Morgan fingerprint density at radius 3 is 2.44 bits per heavy atom. The number of fused-ring (bicyclic) bond motifs is 3. The highest BCUT2D eigenvalue weighted by Crippen LogP contribution is 2.29. The first-order valence-electron chi connectivity index (χ1n) is 8.75. The zero-order chi connectivity index (χ0) is 17.2. The maximum Gasteiger partial charge on any atom is 0.251 e. The molecule has 3 aliphatic rings. The van der Waals surface area contributed by atoms with Crippen LogP contribution in [0.4, 0.5) is 0 Å². The van der Waals surface area contributed by atoms with Gasteiger partial charge in [-0.3, -0.25) is 4.79 Å². The van der Waals surface area contributed by atoms with Crippen molar-refractivity contribution >= 4 is 17.5 Å². The molecule has 4 nitrogen and oxygen atoms in total. The fourth-order valence-corrected chi connectivity index (χ4v) is 3.88. The largest absolute Gasteiger partial charge is 0.456 e. The van der Waals surface area contributed by atoms with E-state index in [4.69, 9.17) is 16.3 Å². The molecule has 0 radical (unpaired) electrons. The molecule has 0 aromatic heterocycles. The minimum atomic E-state index is -0.0111. The van der Waals surface area contributed by atoms with Gasteiger partial charge in [-0.05, 0) is 68.2 Å². The van der Waals surface area contributed by atoms with Crippen molar-refractivity contribution in [2.45, 2.75) is 18.9 Å². The van der Waals surface area contributed by atoms with Gasteiger partial charge in [0.15, 0.2) is 0 Å². The lowest BCUT2D eigenvalue weighted by Gasteiger charge is -2.44. The van der Waals surface area contributed by atoms with Gasteiger partial charge in [-0.15, -0.1) is 0 Å². The molecule has 1 atom stereocenters. The fraction of sp³-hybridized carbons (Fsp3) is 0.350. The number of nitrogens with one attached hydrogen (secondary N) is 1. The van der Waals surface area contributed by atoms with Gasteiger partial charge in [0.25, 0.3) is 5.91 Å². The third-order valence-corrected chi connectivity index (χ3v) is 5.47. The number of rotatable bonds is 4. The number of piperidine rings is 3. The van der Waals surface area contributed by atoms with Crippen LogP contribution in [-0.4, -0.2) is 36.5 Å². The van der Waals surface area contributed by atoms with E-state index in [9.17, 15) is 4.79 Å². The molecular weight excluding hydrogens is 336 g/mol. The van der Waals surface area contributed by atoms with Crippen LogP contribution in [-0.2, 0) is 0 Å².